The second-order valence-electron chi connectivity index (χ2n) is 9.09. The highest BCUT2D eigenvalue weighted by molar-refractivity contribution is 6.00. The number of rotatable bonds is 8. The first-order valence-corrected chi connectivity index (χ1v) is 11.6. The van der Waals surface area contributed by atoms with Gasteiger partial charge in [-0.15, -0.1) is 0 Å². The predicted molar refractivity (Wildman–Crippen MR) is 131 cm³/mol. The Bertz CT molecular complexity index is 1320. The monoisotopic (exact) mass is 473 g/mol. The molecule has 0 spiro atoms. The van der Waals surface area contributed by atoms with E-state index in [1.54, 1.807) is 13.1 Å². The Morgan fingerprint density at radius 2 is 1.94 bits per heavy atom. The summed E-state index contributed by atoms with van der Waals surface area (Å²) in [6.45, 7) is 4.12. The number of carboxylic acids is 1. The Morgan fingerprint density at radius 1 is 1.17 bits per heavy atom. The van der Waals surface area contributed by atoms with Gasteiger partial charge < -0.3 is 25.2 Å². The van der Waals surface area contributed by atoms with Crippen LogP contribution in [-0.2, 0) is 16.1 Å². The molecule has 5 rings (SSSR count). The number of benzene rings is 2. The van der Waals surface area contributed by atoms with Crippen LogP contribution in [0.4, 0.5) is 5.69 Å². The molecule has 1 aromatic heterocycles. The third kappa shape index (κ3) is 3.89. The van der Waals surface area contributed by atoms with Gasteiger partial charge in [-0.25, -0.2) is 4.79 Å². The van der Waals surface area contributed by atoms with Crippen LogP contribution < -0.4 is 10.1 Å². The van der Waals surface area contributed by atoms with Crippen LogP contribution in [0.25, 0.3) is 10.8 Å². The van der Waals surface area contributed by atoms with Gasteiger partial charge in [0, 0.05) is 46.9 Å². The molecule has 1 amide bonds. The van der Waals surface area contributed by atoms with E-state index in [9.17, 15) is 19.8 Å². The zero-order chi connectivity index (χ0) is 24.7. The maximum Gasteiger partial charge on any atom is 0.352 e. The number of aromatic nitrogens is 1. The Morgan fingerprint density at radius 3 is 2.66 bits per heavy atom. The first-order chi connectivity index (χ1) is 16.9. The number of pyridine rings is 1. The molecule has 8 nitrogen and oxygen atoms in total. The van der Waals surface area contributed by atoms with Crippen LogP contribution in [-0.4, -0.2) is 50.7 Å². The Labute approximate surface area is 202 Å². The molecule has 0 saturated carbocycles. The SMILES string of the molecule is C[C@H]1C(COc2cccc3c(NCc4cccnc4)cccc23)=C(C(=O)O)N2C(=O)[C@H]([C@@H](C)O)C12. The normalized spacial score (nSPS) is 22.1. The molecule has 0 radical (unpaired) electrons. The summed E-state index contributed by atoms with van der Waals surface area (Å²) in [6, 6.07) is 15.2. The zero-order valence-electron chi connectivity index (χ0n) is 19.5. The number of carboxylic acid groups (broad SMARTS) is 1. The van der Waals surface area contributed by atoms with Gasteiger partial charge in [0.15, 0.2) is 0 Å². The molecule has 2 aliphatic rings. The van der Waals surface area contributed by atoms with Gasteiger partial charge >= 0.3 is 5.97 Å². The van der Waals surface area contributed by atoms with E-state index in [2.05, 4.69) is 10.3 Å². The molecule has 180 valence electrons. The van der Waals surface area contributed by atoms with Gasteiger partial charge in [-0.05, 0) is 30.7 Å². The number of hydrogen-bond donors (Lipinski definition) is 3. The number of aliphatic hydroxyl groups is 1. The van der Waals surface area contributed by atoms with Crippen LogP contribution in [0.2, 0.25) is 0 Å². The predicted octanol–water partition coefficient (Wildman–Crippen LogP) is 3.42. The number of anilines is 1. The van der Waals surface area contributed by atoms with Gasteiger partial charge in [-0.1, -0.05) is 37.3 Å². The van der Waals surface area contributed by atoms with Crippen molar-refractivity contribution in [3.8, 4) is 5.75 Å². The van der Waals surface area contributed by atoms with E-state index in [4.69, 9.17) is 4.74 Å². The van der Waals surface area contributed by atoms with Gasteiger partial charge in [0.1, 0.15) is 18.1 Å². The number of ether oxygens (including phenoxy) is 1. The second kappa shape index (κ2) is 9.03. The second-order valence-corrected chi connectivity index (χ2v) is 9.09. The zero-order valence-corrected chi connectivity index (χ0v) is 19.5. The Hall–Kier alpha value is -3.91. The van der Waals surface area contributed by atoms with Crippen LogP contribution >= 0.6 is 0 Å². The number of aliphatic carboxylic acids is 1. The van der Waals surface area contributed by atoms with Gasteiger partial charge in [0.05, 0.1) is 18.1 Å². The lowest BCUT2D eigenvalue weighted by Gasteiger charge is -2.46. The molecule has 0 bridgehead atoms. The Balaban J connectivity index is 1.39. The van der Waals surface area contributed by atoms with Gasteiger partial charge in [-0.3, -0.25) is 9.78 Å². The molecule has 1 fully saturated rings. The first kappa shape index (κ1) is 22.9. The molecule has 2 aliphatic heterocycles. The average molecular weight is 474 g/mol. The molecular formula is C27H27N3O5. The lowest BCUT2D eigenvalue weighted by molar-refractivity contribution is -0.163. The summed E-state index contributed by atoms with van der Waals surface area (Å²) < 4.78 is 6.17. The van der Waals surface area contributed by atoms with E-state index in [-0.39, 0.29) is 30.2 Å². The molecule has 0 aliphatic carbocycles. The van der Waals surface area contributed by atoms with Crippen molar-refractivity contribution in [3.05, 3.63) is 77.8 Å². The van der Waals surface area contributed by atoms with Crippen LogP contribution in [0.5, 0.6) is 5.75 Å². The van der Waals surface area contributed by atoms with Crippen molar-refractivity contribution in [2.45, 2.75) is 32.5 Å². The molecule has 8 heteroatoms. The van der Waals surface area contributed by atoms with Crippen molar-refractivity contribution in [3.63, 3.8) is 0 Å². The number of hydrogen-bond acceptors (Lipinski definition) is 6. The van der Waals surface area contributed by atoms with Crippen LogP contribution in [0.3, 0.4) is 0 Å². The van der Waals surface area contributed by atoms with E-state index in [0.717, 1.165) is 22.0 Å². The summed E-state index contributed by atoms with van der Waals surface area (Å²) in [5.74, 6) is -1.70. The minimum Gasteiger partial charge on any atom is -0.488 e. The minimum atomic E-state index is -1.16. The van der Waals surface area contributed by atoms with Crippen molar-refractivity contribution < 1.29 is 24.5 Å². The minimum absolute atomic E-state index is 0.0246. The number of β-lactam (4-membered cyclic amide) rings is 1. The number of aliphatic hydroxyl groups excluding tert-OH is 1. The smallest absolute Gasteiger partial charge is 0.352 e. The highest BCUT2D eigenvalue weighted by Crippen LogP contribution is 2.47. The summed E-state index contributed by atoms with van der Waals surface area (Å²) in [5, 5.41) is 25.2. The van der Waals surface area contributed by atoms with Gasteiger partial charge in [0.25, 0.3) is 0 Å². The highest BCUT2D eigenvalue weighted by Gasteiger charge is 2.59. The largest absolute Gasteiger partial charge is 0.488 e. The Kier molecular flexibility index (Phi) is 5.90. The van der Waals surface area contributed by atoms with E-state index in [1.165, 1.54) is 4.90 Å². The molecule has 4 atom stereocenters. The van der Waals surface area contributed by atoms with E-state index in [0.29, 0.717) is 17.9 Å². The van der Waals surface area contributed by atoms with E-state index < -0.39 is 18.0 Å². The number of nitrogens with one attached hydrogen (secondary N) is 1. The van der Waals surface area contributed by atoms with Crippen LogP contribution in [0, 0.1) is 11.8 Å². The lowest BCUT2D eigenvalue weighted by Crippen LogP contribution is -2.63. The van der Waals surface area contributed by atoms with Crippen LogP contribution in [0.1, 0.15) is 19.4 Å². The van der Waals surface area contributed by atoms with E-state index in [1.807, 2.05) is 61.7 Å². The summed E-state index contributed by atoms with van der Waals surface area (Å²) in [4.78, 5) is 30.1. The topological polar surface area (TPSA) is 112 Å². The van der Waals surface area contributed by atoms with Crippen molar-refractivity contribution in [1.82, 2.24) is 9.88 Å². The number of carbonyl (C=O) groups is 2. The van der Waals surface area contributed by atoms with Crippen molar-refractivity contribution >= 4 is 28.3 Å². The molecule has 1 saturated heterocycles. The maximum atomic E-state index is 12.6. The number of nitrogens with zero attached hydrogens (tertiary/aromatic N) is 2. The molecule has 1 unspecified atom stereocenters. The number of carbonyl (C=O) groups excluding carboxylic acids is 1. The number of fused-ring (bicyclic) bond motifs is 2. The fraction of sp³-hybridized carbons (Fsp3) is 0.296. The molecule has 3 heterocycles. The summed E-state index contributed by atoms with van der Waals surface area (Å²) >= 11 is 0. The first-order valence-electron chi connectivity index (χ1n) is 11.6. The average Bonchev–Trinajstić information content (AvgIpc) is 3.09. The number of amides is 1. The molecular weight excluding hydrogens is 446 g/mol. The third-order valence-electron chi connectivity index (χ3n) is 6.99. The summed E-state index contributed by atoms with van der Waals surface area (Å²) in [7, 11) is 0. The maximum absolute atomic E-state index is 12.6. The van der Waals surface area contributed by atoms with Crippen molar-refractivity contribution in [2.24, 2.45) is 11.8 Å². The standard InChI is InChI=1S/C27H27N3O5/c1-15-20(25(27(33)34)30-24(15)23(16(2)31)26(30)32)14-35-22-10-4-7-18-19(22)8-3-9-21(18)29-13-17-6-5-11-28-12-17/h3-12,15-16,23-24,29,31H,13-14H2,1-2H3,(H,33,34)/t15-,16+,23+,24?/m0/s1. The summed E-state index contributed by atoms with van der Waals surface area (Å²) in [5.41, 5.74) is 2.55. The molecule has 3 N–H and O–H groups in total. The fourth-order valence-electron chi connectivity index (χ4n) is 5.25. The molecule has 35 heavy (non-hydrogen) atoms. The highest BCUT2D eigenvalue weighted by atomic mass is 16.5. The van der Waals surface area contributed by atoms with Gasteiger partial charge in [0.2, 0.25) is 5.91 Å². The fourth-order valence-corrected chi connectivity index (χ4v) is 5.25. The van der Waals surface area contributed by atoms with E-state index >= 15 is 0 Å². The van der Waals surface area contributed by atoms with Crippen molar-refractivity contribution in [2.75, 3.05) is 11.9 Å². The van der Waals surface area contributed by atoms with Crippen molar-refractivity contribution in [1.29, 1.82) is 0 Å². The summed E-state index contributed by atoms with van der Waals surface area (Å²) in [6.07, 6.45) is 2.72. The third-order valence-corrected chi connectivity index (χ3v) is 6.99. The van der Waals surface area contributed by atoms with Gasteiger partial charge in [-0.2, -0.15) is 0 Å². The lowest BCUT2D eigenvalue weighted by atomic mass is 9.78. The van der Waals surface area contributed by atoms with Crippen LogP contribution in [0.15, 0.2) is 72.2 Å². The molecule has 3 aromatic rings. The molecule has 2 aromatic carbocycles. The quantitative estimate of drug-likeness (QED) is 0.430.